The van der Waals surface area contributed by atoms with E-state index in [0.717, 1.165) is 18.4 Å². The Morgan fingerprint density at radius 3 is 2.67 bits per heavy atom. The van der Waals surface area contributed by atoms with Gasteiger partial charge in [0.1, 0.15) is 0 Å². The largest absolute Gasteiger partial charge is 0.399 e. The summed E-state index contributed by atoms with van der Waals surface area (Å²) in [6.45, 7) is 4.43. The molecule has 0 heterocycles. The van der Waals surface area contributed by atoms with Gasteiger partial charge in [0.15, 0.2) is 0 Å². The molecule has 0 radical (unpaired) electrons. The summed E-state index contributed by atoms with van der Waals surface area (Å²) in [4.78, 5) is 0. The maximum absolute atomic E-state index is 12.5. The Morgan fingerprint density at radius 1 is 1.38 bits per heavy atom. The normalized spacial score (nSPS) is 15.8. The average Bonchev–Trinajstić information content (AvgIpc) is 3.19. The second-order valence-corrected chi connectivity index (χ2v) is 7.80. The fourth-order valence-electron chi connectivity index (χ4n) is 2.19. The second-order valence-electron chi connectivity index (χ2n) is 5.76. The minimum absolute atomic E-state index is 0.0317. The van der Waals surface area contributed by atoms with Crippen LogP contribution in [0.2, 0.25) is 0 Å². The van der Waals surface area contributed by atoms with E-state index in [1.807, 2.05) is 32.0 Å². The van der Waals surface area contributed by atoms with Crippen molar-refractivity contribution in [1.29, 1.82) is 0 Å². The summed E-state index contributed by atoms with van der Waals surface area (Å²) in [5, 5.41) is 0. The zero-order valence-corrected chi connectivity index (χ0v) is 13.5. The van der Waals surface area contributed by atoms with Crippen LogP contribution in [0.1, 0.15) is 32.3 Å². The van der Waals surface area contributed by atoms with Gasteiger partial charge in [-0.3, -0.25) is 0 Å². The van der Waals surface area contributed by atoms with E-state index in [2.05, 4.69) is 0 Å². The number of hydrogen-bond donors (Lipinski definition) is 1. The Kier molecular flexibility index (Phi) is 5.24. The van der Waals surface area contributed by atoms with E-state index >= 15 is 0 Å². The number of nitrogen functional groups attached to an aromatic ring is 1. The van der Waals surface area contributed by atoms with Gasteiger partial charge < -0.3 is 10.5 Å². The van der Waals surface area contributed by atoms with Gasteiger partial charge >= 0.3 is 0 Å². The zero-order valence-electron chi connectivity index (χ0n) is 12.7. The lowest BCUT2D eigenvalue weighted by Crippen LogP contribution is -2.36. The van der Waals surface area contributed by atoms with Crippen molar-refractivity contribution in [2.45, 2.75) is 45.4 Å². The van der Waals surface area contributed by atoms with Gasteiger partial charge in [-0.05, 0) is 44.4 Å². The number of rotatable bonds is 8. The maximum atomic E-state index is 12.5. The van der Waals surface area contributed by atoms with Gasteiger partial charge in [-0.15, -0.1) is 0 Å². The molecule has 0 bridgehead atoms. The molecule has 118 valence electrons. The van der Waals surface area contributed by atoms with E-state index in [4.69, 9.17) is 10.5 Å². The third-order valence-corrected chi connectivity index (χ3v) is 5.22. The molecule has 1 saturated carbocycles. The van der Waals surface area contributed by atoms with Crippen molar-refractivity contribution in [1.82, 2.24) is 4.31 Å². The first-order valence-electron chi connectivity index (χ1n) is 7.34. The number of nitrogens with zero attached hydrogens (tertiary/aromatic N) is 1. The predicted octanol–water partition coefficient (Wildman–Crippen LogP) is 1.99. The van der Waals surface area contributed by atoms with Crippen molar-refractivity contribution >= 4 is 15.7 Å². The third-order valence-electron chi connectivity index (χ3n) is 3.39. The van der Waals surface area contributed by atoms with Crippen LogP contribution in [0.25, 0.3) is 0 Å². The molecule has 1 aromatic rings. The van der Waals surface area contributed by atoms with Crippen LogP contribution >= 0.6 is 0 Å². The smallest absolute Gasteiger partial charge is 0.216 e. The van der Waals surface area contributed by atoms with Crippen LogP contribution < -0.4 is 5.73 Å². The summed E-state index contributed by atoms with van der Waals surface area (Å²) in [6, 6.07) is 7.53. The lowest BCUT2D eigenvalue weighted by Gasteiger charge is -2.22. The highest BCUT2D eigenvalue weighted by molar-refractivity contribution is 7.89. The molecular formula is C15H24N2O3S. The molecule has 6 heteroatoms. The van der Waals surface area contributed by atoms with Gasteiger partial charge in [0.05, 0.1) is 18.5 Å². The molecule has 2 rings (SSSR count). The van der Waals surface area contributed by atoms with Gasteiger partial charge in [-0.2, -0.15) is 4.31 Å². The fraction of sp³-hybridized carbons (Fsp3) is 0.600. The molecule has 0 saturated heterocycles. The Bertz CT molecular complexity index is 568. The zero-order chi connectivity index (χ0) is 15.5. The van der Waals surface area contributed by atoms with Crippen molar-refractivity contribution in [3.05, 3.63) is 29.8 Å². The van der Waals surface area contributed by atoms with E-state index in [1.165, 1.54) is 0 Å². The molecule has 0 amide bonds. The lowest BCUT2D eigenvalue weighted by molar-refractivity contribution is 0.0906. The van der Waals surface area contributed by atoms with Gasteiger partial charge in [0, 0.05) is 18.3 Å². The first-order valence-corrected chi connectivity index (χ1v) is 8.95. The molecule has 1 aliphatic carbocycles. The SMILES string of the molecule is CC(C)OCCS(=O)(=O)N(Cc1cccc(N)c1)C1CC1. The Balaban J connectivity index is 2.04. The molecule has 21 heavy (non-hydrogen) atoms. The van der Waals surface area contributed by atoms with Gasteiger partial charge in [-0.25, -0.2) is 8.42 Å². The van der Waals surface area contributed by atoms with Gasteiger partial charge in [0.25, 0.3) is 0 Å². The molecule has 5 nitrogen and oxygen atoms in total. The molecule has 1 aromatic carbocycles. The molecule has 0 spiro atoms. The molecule has 0 aromatic heterocycles. The quantitative estimate of drug-likeness (QED) is 0.745. The average molecular weight is 312 g/mol. The van der Waals surface area contributed by atoms with Gasteiger partial charge in [-0.1, -0.05) is 12.1 Å². The minimum atomic E-state index is -3.30. The first kappa shape index (κ1) is 16.3. The van der Waals surface area contributed by atoms with E-state index in [0.29, 0.717) is 12.2 Å². The van der Waals surface area contributed by atoms with Crippen LogP contribution in [-0.4, -0.2) is 37.2 Å². The summed E-state index contributed by atoms with van der Waals surface area (Å²) >= 11 is 0. The third kappa shape index (κ3) is 4.98. The molecule has 2 N–H and O–H groups in total. The van der Waals surface area contributed by atoms with Crippen LogP contribution in [0.15, 0.2) is 24.3 Å². The Labute approximate surface area is 127 Å². The minimum Gasteiger partial charge on any atom is -0.399 e. The topological polar surface area (TPSA) is 72.6 Å². The van der Waals surface area contributed by atoms with Crippen molar-refractivity contribution in [3.8, 4) is 0 Å². The number of ether oxygens (including phenoxy) is 1. The van der Waals surface area contributed by atoms with E-state index < -0.39 is 10.0 Å². The van der Waals surface area contributed by atoms with E-state index in [9.17, 15) is 8.42 Å². The fourth-order valence-corrected chi connectivity index (χ4v) is 3.75. The van der Waals surface area contributed by atoms with Crippen LogP contribution in [-0.2, 0) is 21.3 Å². The summed E-state index contributed by atoms with van der Waals surface area (Å²) in [5.41, 5.74) is 7.34. The second kappa shape index (κ2) is 6.77. The Hall–Kier alpha value is -1.11. The summed E-state index contributed by atoms with van der Waals surface area (Å²) in [7, 11) is -3.30. The molecule has 0 aliphatic heterocycles. The summed E-state index contributed by atoms with van der Waals surface area (Å²) in [6.07, 6.45) is 1.92. The highest BCUT2D eigenvalue weighted by atomic mass is 32.2. The highest BCUT2D eigenvalue weighted by Crippen LogP contribution is 2.31. The maximum Gasteiger partial charge on any atom is 0.216 e. The molecule has 1 fully saturated rings. The van der Waals surface area contributed by atoms with Crippen molar-refractivity contribution in [2.75, 3.05) is 18.1 Å². The standard InChI is InChI=1S/C15H24N2O3S/c1-12(2)20-8-9-21(18,19)17(15-6-7-15)11-13-4-3-5-14(16)10-13/h3-5,10,12,15H,6-9,11,16H2,1-2H3. The number of nitrogens with two attached hydrogens (primary N) is 1. The van der Waals surface area contributed by atoms with E-state index in [-0.39, 0.29) is 24.5 Å². The predicted molar refractivity (Wildman–Crippen MR) is 84.3 cm³/mol. The Morgan fingerprint density at radius 2 is 2.10 bits per heavy atom. The first-order chi connectivity index (χ1) is 9.88. The number of sulfonamides is 1. The van der Waals surface area contributed by atoms with Crippen LogP contribution in [0.3, 0.4) is 0 Å². The monoisotopic (exact) mass is 312 g/mol. The molecule has 1 aliphatic rings. The molecular weight excluding hydrogens is 288 g/mol. The molecule has 0 unspecified atom stereocenters. The summed E-state index contributed by atoms with van der Waals surface area (Å²) in [5.74, 6) is 0.0317. The van der Waals surface area contributed by atoms with Crippen molar-refractivity contribution < 1.29 is 13.2 Å². The number of hydrogen-bond acceptors (Lipinski definition) is 4. The lowest BCUT2D eigenvalue weighted by atomic mass is 10.2. The van der Waals surface area contributed by atoms with Crippen molar-refractivity contribution in [3.63, 3.8) is 0 Å². The van der Waals surface area contributed by atoms with Crippen LogP contribution in [0.4, 0.5) is 5.69 Å². The molecule has 0 atom stereocenters. The van der Waals surface area contributed by atoms with Crippen molar-refractivity contribution in [2.24, 2.45) is 0 Å². The van der Waals surface area contributed by atoms with Crippen LogP contribution in [0.5, 0.6) is 0 Å². The number of benzene rings is 1. The van der Waals surface area contributed by atoms with Crippen LogP contribution in [0, 0.1) is 0 Å². The summed E-state index contributed by atoms with van der Waals surface area (Å²) < 4.78 is 32.0. The van der Waals surface area contributed by atoms with Gasteiger partial charge in [0.2, 0.25) is 10.0 Å². The number of anilines is 1. The highest BCUT2D eigenvalue weighted by Gasteiger charge is 2.36. The van der Waals surface area contributed by atoms with E-state index in [1.54, 1.807) is 10.4 Å².